The fourth-order valence-corrected chi connectivity index (χ4v) is 0. The summed E-state index contributed by atoms with van der Waals surface area (Å²) in [4.78, 5) is 0. The maximum Gasteiger partial charge on any atom is 1.00 e. The van der Waals surface area contributed by atoms with Crippen LogP contribution in [-0.2, 0) is 0 Å². The van der Waals surface area contributed by atoms with Gasteiger partial charge in [0.05, 0.1) is 0 Å². The van der Waals surface area contributed by atoms with Crippen molar-refractivity contribution in [1.29, 1.82) is 0 Å². The van der Waals surface area contributed by atoms with E-state index in [9.17, 15) is 5.11 Å². The maximum absolute atomic E-state index is 9.53. The Kier molecular flexibility index (Phi) is 35.8. The molecule has 7 heavy (non-hydrogen) atoms. The quantitative estimate of drug-likeness (QED) is 0.318. The van der Waals surface area contributed by atoms with E-state index in [1.807, 2.05) is 0 Å². The average molecular weight is 98.1 g/mol. The summed E-state index contributed by atoms with van der Waals surface area (Å²) >= 11 is 0. The molecule has 0 bridgehead atoms. The molecule has 0 spiro atoms. The van der Waals surface area contributed by atoms with Crippen molar-refractivity contribution in [3.63, 3.8) is 0 Å². The number of hydrogen-bond acceptors (Lipinski definition) is 2. The molecule has 3 heteroatoms. The normalized spacial score (nSPS) is 6.00. The molecule has 0 fully saturated rings. The molecule has 0 aliphatic carbocycles. The zero-order chi connectivity index (χ0) is 5.58. The van der Waals surface area contributed by atoms with Crippen LogP contribution in [-0.4, -0.2) is 18.3 Å². The SMILES string of the molecule is CC(C)[O-].CO.[Li+]. The van der Waals surface area contributed by atoms with Crippen LogP contribution in [0.1, 0.15) is 13.8 Å². The van der Waals surface area contributed by atoms with Crippen LogP contribution in [0.15, 0.2) is 0 Å². The van der Waals surface area contributed by atoms with Gasteiger partial charge in [0, 0.05) is 7.11 Å². The summed E-state index contributed by atoms with van der Waals surface area (Å²) in [5, 5.41) is 16.5. The van der Waals surface area contributed by atoms with Crippen molar-refractivity contribution in [2.24, 2.45) is 0 Å². The second-order valence-electron chi connectivity index (χ2n) is 1.05. The van der Waals surface area contributed by atoms with Gasteiger partial charge in [-0.3, -0.25) is 0 Å². The molecule has 1 N–H and O–H groups in total. The van der Waals surface area contributed by atoms with E-state index in [1.54, 1.807) is 13.8 Å². The molecule has 2 nitrogen and oxygen atoms in total. The summed E-state index contributed by atoms with van der Waals surface area (Å²) in [6.07, 6.45) is -0.417. The predicted octanol–water partition coefficient (Wildman–Crippen LogP) is -3.63. The minimum Gasteiger partial charge on any atom is -0.852 e. The van der Waals surface area contributed by atoms with Gasteiger partial charge in [-0.15, -0.1) is 6.10 Å². The molecule has 0 aromatic rings. The zero-order valence-corrected chi connectivity index (χ0v) is 5.43. The van der Waals surface area contributed by atoms with Crippen LogP contribution in [0.5, 0.6) is 0 Å². The van der Waals surface area contributed by atoms with Crippen molar-refractivity contribution in [2.45, 2.75) is 20.0 Å². The molecule has 0 atom stereocenters. The van der Waals surface area contributed by atoms with E-state index in [2.05, 4.69) is 0 Å². The van der Waals surface area contributed by atoms with Crippen molar-refractivity contribution < 1.29 is 29.1 Å². The number of rotatable bonds is 0. The topological polar surface area (TPSA) is 43.3 Å². The molecule has 0 aromatic heterocycles. The van der Waals surface area contributed by atoms with Crippen LogP contribution < -0.4 is 24.0 Å². The van der Waals surface area contributed by atoms with E-state index in [0.717, 1.165) is 7.11 Å². The van der Waals surface area contributed by atoms with Gasteiger partial charge in [0.25, 0.3) is 0 Å². The molecule has 0 saturated heterocycles. The summed E-state index contributed by atoms with van der Waals surface area (Å²) in [5.41, 5.74) is 0. The summed E-state index contributed by atoms with van der Waals surface area (Å²) < 4.78 is 0. The number of aliphatic hydroxyl groups excluding tert-OH is 1. The minimum atomic E-state index is -0.417. The molecule has 0 amide bonds. The van der Waals surface area contributed by atoms with Crippen LogP contribution in [0.25, 0.3) is 0 Å². The van der Waals surface area contributed by atoms with Crippen molar-refractivity contribution in [3.8, 4) is 0 Å². The zero-order valence-electron chi connectivity index (χ0n) is 5.43. The Morgan fingerprint density at radius 1 is 1.29 bits per heavy atom. The Morgan fingerprint density at radius 3 is 1.29 bits per heavy atom. The van der Waals surface area contributed by atoms with Crippen molar-refractivity contribution in [2.75, 3.05) is 7.11 Å². The van der Waals surface area contributed by atoms with Crippen LogP contribution >= 0.6 is 0 Å². The standard InChI is InChI=1S/C3H7O.CH4O.Li/c1-3(2)4;1-2;/h3H,1-2H3;2H,1H3;/q-1;;+1. The fourth-order valence-electron chi connectivity index (χ4n) is 0. The monoisotopic (exact) mass is 98.1 g/mol. The first kappa shape index (κ1) is 15.6. The smallest absolute Gasteiger partial charge is 0.852 e. The second kappa shape index (κ2) is 16.0. The first-order valence-corrected chi connectivity index (χ1v) is 1.84. The van der Waals surface area contributed by atoms with Crippen LogP contribution in [0.4, 0.5) is 0 Å². The van der Waals surface area contributed by atoms with Crippen LogP contribution in [0, 0.1) is 0 Å². The third-order valence-electron chi connectivity index (χ3n) is 0. The molecule has 0 aliphatic rings. The van der Waals surface area contributed by atoms with Gasteiger partial charge in [-0.05, 0) is 0 Å². The molecule has 0 unspecified atom stereocenters. The van der Waals surface area contributed by atoms with Crippen molar-refractivity contribution >= 4 is 0 Å². The van der Waals surface area contributed by atoms with Gasteiger partial charge >= 0.3 is 18.9 Å². The molecule has 40 valence electrons. The predicted molar refractivity (Wildman–Crippen MR) is 23.3 cm³/mol. The van der Waals surface area contributed by atoms with Gasteiger partial charge in [-0.25, -0.2) is 0 Å². The first-order valence-electron chi connectivity index (χ1n) is 1.84. The molecule has 0 radical (unpaired) electrons. The van der Waals surface area contributed by atoms with E-state index in [4.69, 9.17) is 5.11 Å². The van der Waals surface area contributed by atoms with E-state index in [1.165, 1.54) is 0 Å². The van der Waals surface area contributed by atoms with Crippen LogP contribution in [0.2, 0.25) is 0 Å². The summed E-state index contributed by atoms with van der Waals surface area (Å²) in [5.74, 6) is 0. The Labute approximate surface area is 56.7 Å². The van der Waals surface area contributed by atoms with Gasteiger partial charge in [0.1, 0.15) is 0 Å². The fraction of sp³-hybridized carbons (Fsp3) is 1.00. The molecular formula is C4H11LiO2. The number of hydrogen-bond donors (Lipinski definition) is 1. The Hall–Kier alpha value is 0.517. The van der Waals surface area contributed by atoms with Gasteiger partial charge in [0.15, 0.2) is 0 Å². The first-order chi connectivity index (χ1) is 2.73. The third-order valence-corrected chi connectivity index (χ3v) is 0. The third kappa shape index (κ3) is 497. The molecule has 0 saturated carbocycles. The summed E-state index contributed by atoms with van der Waals surface area (Å²) in [6.45, 7) is 3.22. The second-order valence-corrected chi connectivity index (χ2v) is 1.05. The van der Waals surface area contributed by atoms with Gasteiger partial charge in [0.2, 0.25) is 0 Å². The summed E-state index contributed by atoms with van der Waals surface area (Å²) in [7, 11) is 1.00. The van der Waals surface area contributed by atoms with E-state index < -0.39 is 6.10 Å². The molecule has 0 aliphatic heterocycles. The Balaban J connectivity index is -0.0000000480. The van der Waals surface area contributed by atoms with E-state index in [0.29, 0.717) is 0 Å². The van der Waals surface area contributed by atoms with Crippen molar-refractivity contribution in [1.82, 2.24) is 0 Å². The molecule has 0 heterocycles. The molecule has 0 aromatic carbocycles. The van der Waals surface area contributed by atoms with Gasteiger partial charge < -0.3 is 10.2 Å². The number of aliphatic hydroxyl groups is 1. The molecule has 0 rings (SSSR count). The van der Waals surface area contributed by atoms with Gasteiger partial charge in [-0.1, -0.05) is 13.8 Å². The summed E-state index contributed by atoms with van der Waals surface area (Å²) in [6, 6.07) is 0. The van der Waals surface area contributed by atoms with Gasteiger partial charge in [-0.2, -0.15) is 0 Å². The van der Waals surface area contributed by atoms with E-state index >= 15 is 0 Å². The van der Waals surface area contributed by atoms with E-state index in [-0.39, 0.29) is 18.9 Å². The molecular weight excluding hydrogens is 87.0 g/mol. The van der Waals surface area contributed by atoms with Crippen LogP contribution in [0.3, 0.4) is 0 Å². The largest absolute Gasteiger partial charge is 1.00 e. The average Bonchev–Trinajstić information content (AvgIpc) is 1.41. The Bertz CT molecular complexity index is 14.4. The Morgan fingerprint density at radius 2 is 1.29 bits per heavy atom. The minimum absolute atomic E-state index is 0. The van der Waals surface area contributed by atoms with Crippen molar-refractivity contribution in [3.05, 3.63) is 0 Å². The maximum atomic E-state index is 9.53.